The van der Waals surface area contributed by atoms with Crippen molar-refractivity contribution in [1.29, 1.82) is 0 Å². The van der Waals surface area contributed by atoms with Crippen molar-refractivity contribution in [2.45, 2.75) is 56.3 Å². The number of carbonyl (C=O) groups excluding carboxylic acids is 4. The zero-order chi connectivity index (χ0) is 21.6. The Labute approximate surface area is 173 Å². The van der Waals surface area contributed by atoms with Crippen LogP contribution in [0, 0.1) is 0 Å². The second-order valence-electron chi connectivity index (χ2n) is 7.15. The van der Waals surface area contributed by atoms with Gasteiger partial charge in [-0.15, -0.1) is 0 Å². The minimum atomic E-state index is -1.24. The number of thiol groups is 1. The third kappa shape index (κ3) is 6.07. The number of carbonyl (C=O) groups is 5. The molecule has 6 N–H and O–H groups in total. The quantitative estimate of drug-likeness (QED) is 0.222. The number of nitrogens with two attached hydrogens (primary N) is 1. The fourth-order valence-electron chi connectivity index (χ4n) is 3.54. The van der Waals surface area contributed by atoms with Crippen LogP contribution in [0.5, 0.6) is 0 Å². The zero-order valence-electron chi connectivity index (χ0n) is 15.9. The van der Waals surface area contributed by atoms with Gasteiger partial charge in [0.05, 0.1) is 12.5 Å². The largest absolute Gasteiger partial charge is 0.480 e. The van der Waals surface area contributed by atoms with Gasteiger partial charge in [0.1, 0.15) is 18.1 Å². The third-order valence-corrected chi connectivity index (χ3v) is 5.40. The van der Waals surface area contributed by atoms with Crippen LogP contribution >= 0.6 is 12.6 Å². The summed E-state index contributed by atoms with van der Waals surface area (Å²) in [7, 11) is 0. The lowest BCUT2D eigenvalue weighted by Gasteiger charge is -2.28. The molecule has 0 aromatic carbocycles. The van der Waals surface area contributed by atoms with Crippen molar-refractivity contribution in [3.8, 4) is 0 Å². The molecule has 12 heteroatoms. The van der Waals surface area contributed by atoms with Crippen LogP contribution in [0.4, 0.5) is 0 Å². The minimum Gasteiger partial charge on any atom is -0.480 e. The molecule has 0 saturated carbocycles. The number of hydrogen-bond acceptors (Lipinski definition) is 7. The molecule has 4 unspecified atom stereocenters. The Balaban J connectivity index is 2.04. The molecule has 2 heterocycles. The Morgan fingerprint density at radius 2 is 1.86 bits per heavy atom. The molecule has 2 rings (SSSR count). The number of primary amides is 1. The van der Waals surface area contributed by atoms with E-state index in [4.69, 9.17) is 5.73 Å². The van der Waals surface area contributed by atoms with Crippen LogP contribution in [0.1, 0.15) is 32.1 Å². The fourth-order valence-corrected chi connectivity index (χ4v) is 3.78. The molecule has 11 nitrogen and oxygen atoms in total. The average molecular weight is 429 g/mol. The molecule has 0 aromatic heterocycles. The molecule has 162 valence electrons. The molecule has 2 aliphatic rings. The van der Waals surface area contributed by atoms with Gasteiger partial charge in [-0.05, 0) is 32.2 Å². The topological polar surface area (TPSA) is 171 Å². The summed E-state index contributed by atoms with van der Waals surface area (Å²) in [6, 6.07) is -3.74. The fraction of sp³-hybridized carbons (Fsp3) is 0.706. The third-order valence-electron chi connectivity index (χ3n) is 5.03. The highest BCUT2D eigenvalue weighted by atomic mass is 32.1. The van der Waals surface area contributed by atoms with Crippen LogP contribution in [0.2, 0.25) is 0 Å². The van der Waals surface area contributed by atoms with E-state index in [0.29, 0.717) is 25.8 Å². The first kappa shape index (κ1) is 22.9. The predicted octanol–water partition coefficient (Wildman–Crippen LogP) is -2.41. The molecular weight excluding hydrogens is 402 g/mol. The Morgan fingerprint density at radius 1 is 1.14 bits per heavy atom. The monoisotopic (exact) mass is 429 g/mol. The van der Waals surface area contributed by atoms with Gasteiger partial charge in [-0.1, -0.05) is 0 Å². The Morgan fingerprint density at radius 3 is 2.41 bits per heavy atom. The SMILES string of the molecule is NC(=O)CC(NC(=O)C1CCCN1)C(=O)NC(CS)C(=O)N1CCCC1C(=O)O. The maximum absolute atomic E-state index is 12.7. The average Bonchev–Trinajstić information content (AvgIpc) is 3.36. The summed E-state index contributed by atoms with van der Waals surface area (Å²) < 4.78 is 0. The van der Waals surface area contributed by atoms with E-state index in [9.17, 15) is 29.1 Å². The summed E-state index contributed by atoms with van der Waals surface area (Å²) in [6.07, 6.45) is 1.88. The molecule has 4 atom stereocenters. The molecule has 29 heavy (non-hydrogen) atoms. The van der Waals surface area contributed by atoms with Gasteiger partial charge < -0.3 is 31.7 Å². The van der Waals surface area contributed by atoms with Crippen LogP contribution in [0.3, 0.4) is 0 Å². The highest BCUT2D eigenvalue weighted by Gasteiger charge is 2.38. The number of nitrogens with one attached hydrogen (secondary N) is 3. The summed E-state index contributed by atoms with van der Waals surface area (Å²) >= 11 is 4.08. The number of hydrogen-bond donors (Lipinski definition) is 6. The minimum absolute atomic E-state index is 0.0746. The van der Waals surface area contributed by atoms with Crippen LogP contribution in [0.15, 0.2) is 0 Å². The van der Waals surface area contributed by atoms with Crippen molar-refractivity contribution >= 4 is 42.2 Å². The first-order valence-corrected chi connectivity index (χ1v) is 10.1. The van der Waals surface area contributed by atoms with Crippen LogP contribution < -0.4 is 21.7 Å². The predicted molar refractivity (Wildman–Crippen MR) is 105 cm³/mol. The van der Waals surface area contributed by atoms with Crippen molar-refractivity contribution in [2.75, 3.05) is 18.8 Å². The highest BCUT2D eigenvalue weighted by molar-refractivity contribution is 7.80. The van der Waals surface area contributed by atoms with E-state index < -0.39 is 60.2 Å². The van der Waals surface area contributed by atoms with E-state index in [0.717, 1.165) is 6.42 Å². The first-order chi connectivity index (χ1) is 13.7. The van der Waals surface area contributed by atoms with E-state index >= 15 is 0 Å². The maximum Gasteiger partial charge on any atom is 0.326 e. The number of nitrogens with zero attached hydrogens (tertiary/aromatic N) is 1. The lowest BCUT2D eigenvalue weighted by Crippen LogP contribution is -2.58. The number of aliphatic carboxylic acids is 1. The van der Waals surface area contributed by atoms with E-state index in [-0.39, 0.29) is 12.3 Å². The van der Waals surface area contributed by atoms with E-state index in [1.807, 2.05) is 0 Å². The molecule has 0 spiro atoms. The van der Waals surface area contributed by atoms with Gasteiger partial charge in [-0.2, -0.15) is 12.6 Å². The lowest BCUT2D eigenvalue weighted by atomic mass is 10.1. The Bertz CT molecular complexity index is 669. The van der Waals surface area contributed by atoms with Crippen molar-refractivity contribution in [3.63, 3.8) is 0 Å². The summed E-state index contributed by atoms with van der Waals surface area (Å²) in [6.45, 7) is 0.951. The number of rotatable bonds is 9. The van der Waals surface area contributed by atoms with Crippen molar-refractivity contribution in [2.24, 2.45) is 5.73 Å². The van der Waals surface area contributed by atoms with E-state index in [2.05, 4.69) is 28.6 Å². The number of amides is 4. The van der Waals surface area contributed by atoms with Gasteiger partial charge in [-0.25, -0.2) is 4.79 Å². The standard InChI is InChI=1S/C17H27N5O6S/c18-13(23)7-10(20-14(24)9-3-1-5-19-9)15(25)21-11(8-29)16(26)22-6-2-4-12(22)17(27)28/h9-12,19,29H,1-8H2,(H2,18,23)(H,20,24)(H,21,25)(H,27,28). The number of carboxylic acid groups (broad SMARTS) is 1. The Kier molecular flexibility index (Phi) is 8.26. The molecule has 2 fully saturated rings. The summed E-state index contributed by atoms with van der Waals surface area (Å²) in [5, 5.41) is 17.2. The molecule has 0 bridgehead atoms. The molecule has 0 aliphatic carbocycles. The van der Waals surface area contributed by atoms with Gasteiger partial charge in [-0.3, -0.25) is 19.2 Å². The van der Waals surface area contributed by atoms with E-state index in [1.54, 1.807) is 0 Å². The molecule has 0 aromatic rings. The molecule has 4 amide bonds. The second kappa shape index (κ2) is 10.4. The van der Waals surface area contributed by atoms with Gasteiger partial charge in [0.15, 0.2) is 0 Å². The smallest absolute Gasteiger partial charge is 0.326 e. The second-order valence-corrected chi connectivity index (χ2v) is 7.52. The van der Waals surface area contributed by atoms with Crippen LogP contribution in [0.25, 0.3) is 0 Å². The van der Waals surface area contributed by atoms with Gasteiger partial charge >= 0.3 is 5.97 Å². The van der Waals surface area contributed by atoms with Crippen LogP contribution in [-0.2, 0) is 24.0 Å². The lowest BCUT2D eigenvalue weighted by molar-refractivity contribution is -0.149. The summed E-state index contributed by atoms with van der Waals surface area (Å²) in [5.74, 6) is -3.72. The molecule has 2 saturated heterocycles. The van der Waals surface area contributed by atoms with Gasteiger partial charge in [0.2, 0.25) is 23.6 Å². The molecule has 2 aliphatic heterocycles. The number of likely N-dealkylation sites (tertiary alicyclic amines) is 1. The van der Waals surface area contributed by atoms with Gasteiger partial charge in [0.25, 0.3) is 0 Å². The Hall–Kier alpha value is -2.34. The van der Waals surface area contributed by atoms with Crippen molar-refractivity contribution in [3.05, 3.63) is 0 Å². The zero-order valence-corrected chi connectivity index (χ0v) is 16.8. The highest BCUT2D eigenvalue weighted by Crippen LogP contribution is 2.19. The number of carboxylic acids is 1. The van der Waals surface area contributed by atoms with Crippen molar-refractivity contribution in [1.82, 2.24) is 20.9 Å². The van der Waals surface area contributed by atoms with Crippen LogP contribution in [-0.4, -0.2) is 82.6 Å². The van der Waals surface area contributed by atoms with Gasteiger partial charge in [0, 0.05) is 12.3 Å². The first-order valence-electron chi connectivity index (χ1n) is 9.51. The normalized spacial score (nSPS) is 23.3. The van der Waals surface area contributed by atoms with Crippen molar-refractivity contribution < 1.29 is 29.1 Å². The van der Waals surface area contributed by atoms with E-state index in [1.165, 1.54) is 4.90 Å². The summed E-state index contributed by atoms with van der Waals surface area (Å²) in [4.78, 5) is 61.5. The molecule has 0 radical (unpaired) electrons. The maximum atomic E-state index is 12.7. The molecular formula is C17H27N5O6S. The summed E-state index contributed by atoms with van der Waals surface area (Å²) in [5.41, 5.74) is 5.19.